The van der Waals surface area contributed by atoms with Crippen molar-refractivity contribution >= 4 is 35.1 Å². The lowest BCUT2D eigenvalue weighted by atomic mass is 9.55. The van der Waals surface area contributed by atoms with Crippen LogP contribution in [-0.2, 0) is 6.42 Å². The minimum absolute atomic E-state index is 0.0676. The van der Waals surface area contributed by atoms with Crippen LogP contribution in [0.15, 0.2) is 36.4 Å². The molecule has 1 N–H and O–H groups in total. The van der Waals surface area contributed by atoms with Gasteiger partial charge in [-0.2, -0.15) is 0 Å². The summed E-state index contributed by atoms with van der Waals surface area (Å²) in [6.07, 6.45) is 9.70. The molecule has 0 radical (unpaired) electrons. The van der Waals surface area contributed by atoms with Gasteiger partial charge in [-0.25, -0.2) is 0 Å². The molecule has 0 aliphatic heterocycles. The van der Waals surface area contributed by atoms with E-state index < -0.39 is 0 Å². The number of methoxy groups -OCH3 is 1. The summed E-state index contributed by atoms with van der Waals surface area (Å²) in [4.78, 5) is 12.8. The fraction of sp³-hybridized carbons (Fsp3) is 0.464. The van der Waals surface area contributed by atoms with E-state index in [0.717, 1.165) is 43.4 Å². The molecule has 0 bridgehead atoms. The van der Waals surface area contributed by atoms with E-state index in [1.165, 1.54) is 17.5 Å². The quantitative estimate of drug-likeness (QED) is 0.371. The fourth-order valence-electron chi connectivity index (χ4n) is 6.84. The standard InChI is InChI=1S/C28H30Cl2O3/c1-28-12-11-19-20(23(28)8-10-27(28)32)6-3-16-14-26(33-2)17(13-22(16)19)4-9-25(31)21-7-5-18(29)15-24(21)30/h4-5,7,9,13-15,19-20,23,27,32H,3,6,8,10-12H2,1-2H3/b9-4+/t19-,20+,23-,27?,28-/m0/s1. The second kappa shape index (κ2) is 8.76. The molecule has 3 nitrogen and oxygen atoms in total. The lowest BCUT2D eigenvalue weighted by Crippen LogP contribution is -2.43. The van der Waals surface area contributed by atoms with Crippen LogP contribution in [0.5, 0.6) is 5.75 Å². The van der Waals surface area contributed by atoms with Crippen LogP contribution in [0.1, 0.15) is 72.0 Å². The van der Waals surface area contributed by atoms with Crippen LogP contribution in [0, 0.1) is 17.3 Å². The molecule has 33 heavy (non-hydrogen) atoms. The first-order valence-electron chi connectivity index (χ1n) is 11.9. The summed E-state index contributed by atoms with van der Waals surface area (Å²) < 4.78 is 5.69. The largest absolute Gasteiger partial charge is 0.496 e. The summed E-state index contributed by atoms with van der Waals surface area (Å²) in [6, 6.07) is 9.29. The first kappa shape index (κ1) is 23.0. The lowest BCUT2D eigenvalue weighted by molar-refractivity contribution is -0.0226. The molecule has 2 fully saturated rings. The molecule has 2 aromatic rings. The molecule has 0 saturated heterocycles. The Morgan fingerprint density at radius 2 is 1.97 bits per heavy atom. The number of rotatable bonds is 4. The summed E-state index contributed by atoms with van der Waals surface area (Å²) in [6.45, 7) is 2.30. The molecule has 5 heteroatoms. The van der Waals surface area contributed by atoms with Crippen molar-refractivity contribution in [2.75, 3.05) is 7.11 Å². The Bertz CT molecular complexity index is 1120. The van der Waals surface area contributed by atoms with Gasteiger partial charge in [-0.1, -0.05) is 30.1 Å². The molecule has 174 valence electrons. The van der Waals surface area contributed by atoms with E-state index in [9.17, 15) is 9.90 Å². The minimum Gasteiger partial charge on any atom is -0.496 e. The van der Waals surface area contributed by atoms with E-state index >= 15 is 0 Å². The minimum atomic E-state index is -0.164. The van der Waals surface area contributed by atoms with Gasteiger partial charge in [0, 0.05) is 16.1 Å². The number of carbonyl (C=O) groups excluding carboxylic acids is 1. The Morgan fingerprint density at radius 3 is 2.73 bits per heavy atom. The molecule has 0 aromatic heterocycles. The SMILES string of the molecule is COc1cc2c(cc1/C=C/C(=O)c1ccc(Cl)cc1Cl)[C@H]1CC[C@]3(C)C(O)CC[C@H]3[C@@H]1CC2. The van der Waals surface area contributed by atoms with E-state index in [2.05, 4.69) is 19.1 Å². The number of benzene rings is 2. The molecular formula is C28H30Cl2O3. The van der Waals surface area contributed by atoms with Crippen molar-refractivity contribution < 1.29 is 14.6 Å². The third-order valence-corrected chi connectivity index (χ3v) is 9.18. The third kappa shape index (κ3) is 3.92. The van der Waals surface area contributed by atoms with Crippen LogP contribution >= 0.6 is 23.2 Å². The van der Waals surface area contributed by atoms with Crippen LogP contribution in [-0.4, -0.2) is 24.1 Å². The van der Waals surface area contributed by atoms with Crippen molar-refractivity contribution in [3.05, 3.63) is 68.7 Å². The smallest absolute Gasteiger partial charge is 0.187 e. The maximum atomic E-state index is 12.8. The van der Waals surface area contributed by atoms with Crippen LogP contribution in [0.25, 0.3) is 6.08 Å². The zero-order valence-electron chi connectivity index (χ0n) is 19.1. The number of aliphatic hydroxyl groups is 1. The second-order valence-corrected chi connectivity index (χ2v) is 11.0. The van der Waals surface area contributed by atoms with Crippen molar-refractivity contribution in [1.29, 1.82) is 0 Å². The van der Waals surface area contributed by atoms with Crippen LogP contribution in [0.3, 0.4) is 0 Å². The molecule has 0 amide bonds. The average molecular weight is 485 g/mol. The normalized spacial score (nSPS) is 30.6. The summed E-state index contributed by atoms with van der Waals surface area (Å²) >= 11 is 12.2. The van der Waals surface area contributed by atoms with E-state index in [-0.39, 0.29) is 17.3 Å². The number of carbonyl (C=O) groups is 1. The van der Waals surface area contributed by atoms with E-state index in [1.807, 2.05) is 6.08 Å². The van der Waals surface area contributed by atoms with Crippen molar-refractivity contribution in [3.63, 3.8) is 0 Å². The summed E-state index contributed by atoms with van der Waals surface area (Å²) in [7, 11) is 1.68. The Morgan fingerprint density at radius 1 is 1.15 bits per heavy atom. The first-order valence-corrected chi connectivity index (χ1v) is 12.6. The van der Waals surface area contributed by atoms with Crippen molar-refractivity contribution in [3.8, 4) is 5.75 Å². The van der Waals surface area contributed by atoms with Gasteiger partial charge >= 0.3 is 0 Å². The van der Waals surface area contributed by atoms with Gasteiger partial charge in [0.1, 0.15) is 5.75 Å². The van der Waals surface area contributed by atoms with Gasteiger partial charge in [0.05, 0.1) is 18.2 Å². The molecule has 5 atom stereocenters. The zero-order chi connectivity index (χ0) is 23.3. The monoisotopic (exact) mass is 484 g/mol. The number of fused-ring (bicyclic) bond motifs is 5. The van der Waals surface area contributed by atoms with Gasteiger partial charge in [0.25, 0.3) is 0 Å². The molecule has 2 aromatic carbocycles. The highest BCUT2D eigenvalue weighted by Crippen LogP contribution is 2.61. The number of ketones is 1. The van der Waals surface area contributed by atoms with Crippen LogP contribution in [0.4, 0.5) is 0 Å². The van der Waals surface area contributed by atoms with E-state index in [0.29, 0.717) is 33.4 Å². The highest BCUT2D eigenvalue weighted by molar-refractivity contribution is 6.37. The Kier molecular flexibility index (Phi) is 6.09. The van der Waals surface area contributed by atoms with Gasteiger partial charge in [-0.3, -0.25) is 4.79 Å². The van der Waals surface area contributed by atoms with Crippen LogP contribution in [0.2, 0.25) is 10.0 Å². The first-order chi connectivity index (χ1) is 15.8. The molecule has 2 saturated carbocycles. The Hall–Kier alpha value is -1.81. The number of aryl methyl sites for hydroxylation is 1. The number of halogens is 2. The number of aliphatic hydroxyl groups excluding tert-OH is 1. The maximum absolute atomic E-state index is 12.8. The molecule has 0 heterocycles. The topological polar surface area (TPSA) is 46.5 Å². The number of ether oxygens (including phenoxy) is 1. The average Bonchev–Trinajstić information content (AvgIpc) is 3.11. The molecule has 1 unspecified atom stereocenters. The van der Waals surface area contributed by atoms with Crippen molar-refractivity contribution in [1.82, 2.24) is 0 Å². The molecular weight excluding hydrogens is 455 g/mol. The van der Waals surface area contributed by atoms with Crippen molar-refractivity contribution in [2.24, 2.45) is 17.3 Å². The summed E-state index contributed by atoms with van der Waals surface area (Å²) in [5.41, 5.74) is 4.17. The third-order valence-electron chi connectivity index (χ3n) is 8.64. The fourth-order valence-corrected chi connectivity index (χ4v) is 7.34. The van der Waals surface area contributed by atoms with E-state index in [4.69, 9.17) is 27.9 Å². The number of allylic oxidation sites excluding steroid dienone is 1. The van der Waals surface area contributed by atoms with Gasteiger partial charge < -0.3 is 9.84 Å². The Balaban J connectivity index is 1.46. The summed E-state index contributed by atoms with van der Waals surface area (Å²) in [5.74, 6) is 2.34. The van der Waals surface area contributed by atoms with Crippen LogP contribution < -0.4 is 4.74 Å². The predicted octanol–water partition coefficient (Wildman–Crippen LogP) is 7.12. The van der Waals surface area contributed by atoms with E-state index in [1.54, 1.807) is 31.4 Å². The molecule has 5 rings (SSSR count). The Labute approximate surface area is 205 Å². The maximum Gasteiger partial charge on any atom is 0.187 e. The number of hydrogen-bond acceptors (Lipinski definition) is 3. The number of hydrogen-bond donors (Lipinski definition) is 1. The molecule has 3 aliphatic rings. The van der Waals surface area contributed by atoms with Crippen molar-refractivity contribution in [2.45, 2.75) is 57.5 Å². The summed E-state index contributed by atoms with van der Waals surface area (Å²) in [5, 5.41) is 11.5. The second-order valence-electron chi connectivity index (χ2n) is 10.2. The highest BCUT2D eigenvalue weighted by atomic mass is 35.5. The van der Waals surface area contributed by atoms with Gasteiger partial charge in [-0.15, -0.1) is 0 Å². The predicted molar refractivity (Wildman–Crippen MR) is 133 cm³/mol. The molecule has 0 spiro atoms. The molecule has 3 aliphatic carbocycles. The van der Waals surface area contributed by atoms with Gasteiger partial charge in [-0.05, 0) is 115 Å². The van der Waals surface area contributed by atoms with Gasteiger partial charge in [0.2, 0.25) is 0 Å². The zero-order valence-corrected chi connectivity index (χ0v) is 20.6. The van der Waals surface area contributed by atoms with Gasteiger partial charge in [0.15, 0.2) is 5.78 Å². The lowest BCUT2D eigenvalue weighted by Gasteiger charge is -2.50. The highest BCUT2D eigenvalue weighted by Gasteiger charge is 2.54.